The molecule has 0 rings (SSSR count). The summed E-state index contributed by atoms with van der Waals surface area (Å²) in [6, 6.07) is 0. The second kappa shape index (κ2) is 3.17. The largest absolute Gasteiger partial charge is 0.118 e. The van der Waals surface area contributed by atoms with Crippen molar-refractivity contribution in [1.82, 2.24) is 0 Å². The van der Waals surface area contributed by atoms with Crippen molar-refractivity contribution < 1.29 is 0 Å². The van der Waals surface area contributed by atoms with Gasteiger partial charge in [-0.15, -0.1) is 12.3 Å². The highest BCUT2D eigenvalue weighted by molar-refractivity contribution is 7.01. The summed E-state index contributed by atoms with van der Waals surface area (Å²) >= 11 is 0. The number of rotatable bonds is 1. The molecule has 0 saturated carbocycles. The van der Waals surface area contributed by atoms with Crippen LogP contribution in [0.15, 0.2) is 0 Å². The Morgan fingerprint density at radius 2 is 1.25 bits per heavy atom. The van der Waals surface area contributed by atoms with Crippen LogP contribution in [0, 0.1) is 0 Å². The Morgan fingerprint density at radius 3 is 1.25 bits per heavy atom. The molecule has 2 radical (unpaired) electrons. The molecule has 0 atom stereocenters. The third-order valence-electron chi connectivity index (χ3n) is 0.125. The van der Waals surface area contributed by atoms with Crippen molar-refractivity contribution in [2.24, 2.45) is 0 Å². The molecule has 0 aliphatic heterocycles. The van der Waals surface area contributed by atoms with E-state index >= 15 is 0 Å². The number of hydrogen-bond donors (Lipinski definition) is 0. The predicted molar refractivity (Wildman–Crippen MR) is 25.7 cm³/mol. The molecule has 0 saturated heterocycles. The van der Waals surface area contributed by atoms with Gasteiger partial charge in [0, 0.05) is 17.3 Å². The first kappa shape index (κ1) is 4.17. The van der Waals surface area contributed by atoms with Gasteiger partial charge in [0.15, 0.2) is 0 Å². The van der Waals surface area contributed by atoms with E-state index in [-0.39, 0.29) is 0 Å². The molecule has 4 heavy (non-hydrogen) atoms. The maximum absolute atomic E-state index is 3.58. The zero-order valence-corrected chi connectivity index (χ0v) is 4.41. The Bertz CT molecular complexity index is 25.0. The van der Waals surface area contributed by atoms with Crippen LogP contribution in [0.1, 0.15) is 0 Å². The molecule has 0 unspecified atom stereocenters. The molecule has 2 heteroatoms. The predicted octanol–water partition coefficient (Wildman–Crippen LogP) is -0.826. The van der Waals surface area contributed by atoms with Gasteiger partial charge in [0.2, 0.25) is 0 Å². The highest BCUT2D eigenvalue weighted by Gasteiger charge is 1.36. The van der Waals surface area contributed by atoms with E-state index < -0.39 is 0 Å². The summed E-state index contributed by atoms with van der Waals surface area (Å²) in [6.45, 7) is 0. The summed E-state index contributed by atoms with van der Waals surface area (Å²) in [5.41, 5.74) is 0. The van der Waals surface area contributed by atoms with Gasteiger partial charge in [0.05, 0.1) is 0 Å². The molecule has 0 aromatic rings. The van der Waals surface area contributed by atoms with Crippen molar-refractivity contribution in [3.05, 3.63) is 0 Å². The smallest absolute Gasteiger partial charge is 0.0209 e. The van der Waals surface area contributed by atoms with Crippen LogP contribution >= 0.6 is 0 Å². The first-order valence-corrected chi connectivity index (χ1v) is 4.37. The van der Waals surface area contributed by atoms with E-state index in [1.165, 1.54) is 0 Å². The summed E-state index contributed by atoms with van der Waals surface area (Å²) in [5, 5.41) is 0. The van der Waals surface area contributed by atoms with Crippen LogP contribution in [0.2, 0.25) is 0 Å². The average Bonchev–Trinajstić information content (AvgIpc) is 1.37. The van der Waals surface area contributed by atoms with Crippen molar-refractivity contribution in [3.63, 3.8) is 0 Å². The second-order valence-corrected chi connectivity index (χ2v) is 3.18. The van der Waals surface area contributed by atoms with Gasteiger partial charge in [0.25, 0.3) is 0 Å². The third-order valence-corrected chi connectivity index (χ3v) is 1.12. The minimum Gasteiger partial charge on any atom is -0.118 e. The molecular weight excluding hydrogens is 80.2 g/mol. The van der Waals surface area contributed by atoms with Crippen LogP contribution in [0.3, 0.4) is 0 Å². The minimum absolute atomic E-state index is 0.807. The standard InChI is InChI=1S/C2H4Si2/c1-3-4-2/h1-2H2. The zero-order chi connectivity index (χ0) is 3.41. The normalized spacial score (nSPS) is 5.00. The zero-order valence-electron chi connectivity index (χ0n) is 2.41. The van der Waals surface area contributed by atoms with Crippen LogP contribution in [0.25, 0.3) is 0 Å². The van der Waals surface area contributed by atoms with E-state index in [0.717, 1.165) is 17.3 Å². The highest BCUT2D eigenvalue weighted by atomic mass is 29.1. The summed E-state index contributed by atoms with van der Waals surface area (Å²) in [5.74, 6) is 0. The average molecular weight is 84.2 g/mol. The van der Waals surface area contributed by atoms with Crippen molar-refractivity contribution in [3.8, 4) is 0 Å². The Hall–Kier alpha value is 0.174. The molecule has 0 aliphatic carbocycles. The lowest BCUT2D eigenvalue weighted by atomic mass is 12.0. The molecule has 0 bridgehead atoms. The van der Waals surface area contributed by atoms with Crippen LogP contribution < -0.4 is 0 Å². The van der Waals surface area contributed by atoms with E-state index in [9.17, 15) is 0 Å². The summed E-state index contributed by atoms with van der Waals surface area (Å²) in [4.78, 5) is 0. The molecule has 0 aromatic carbocycles. The molecular formula is C2H4Si2. The monoisotopic (exact) mass is 84.0 g/mol. The molecule has 0 heterocycles. The van der Waals surface area contributed by atoms with Gasteiger partial charge in [-0.3, -0.25) is 0 Å². The van der Waals surface area contributed by atoms with Gasteiger partial charge < -0.3 is 0 Å². The molecule has 0 aromatic heterocycles. The van der Waals surface area contributed by atoms with E-state index in [1.807, 2.05) is 0 Å². The highest BCUT2D eigenvalue weighted by Crippen LogP contribution is 1.01. The fraction of sp³-hybridized carbons (Fsp3) is 0. The fourth-order valence-corrected chi connectivity index (χ4v) is 0. The van der Waals surface area contributed by atoms with E-state index in [4.69, 9.17) is 0 Å². The molecule has 0 spiro atoms. The van der Waals surface area contributed by atoms with Gasteiger partial charge in [-0.05, 0) is 0 Å². The second-order valence-electron chi connectivity index (χ2n) is 0.354. The van der Waals surface area contributed by atoms with Crippen LogP contribution in [-0.2, 0) is 0 Å². The maximum Gasteiger partial charge on any atom is 0.0209 e. The van der Waals surface area contributed by atoms with Gasteiger partial charge >= 0.3 is 0 Å². The Morgan fingerprint density at radius 1 is 1.00 bits per heavy atom. The van der Waals surface area contributed by atoms with Crippen LogP contribution in [0.5, 0.6) is 0 Å². The quantitative estimate of drug-likeness (QED) is 0.364. The lowest BCUT2D eigenvalue weighted by Crippen LogP contribution is -1.73. The maximum atomic E-state index is 3.58. The molecule has 0 N–H and O–H groups in total. The van der Waals surface area contributed by atoms with Crippen molar-refractivity contribution >= 4 is 29.6 Å². The Kier molecular flexibility index (Phi) is 3.31. The van der Waals surface area contributed by atoms with Crippen LogP contribution in [0.4, 0.5) is 0 Å². The molecule has 0 nitrogen and oxygen atoms in total. The van der Waals surface area contributed by atoms with E-state index in [2.05, 4.69) is 12.3 Å². The lowest BCUT2D eigenvalue weighted by Gasteiger charge is -1.38. The van der Waals surface area contributed by atoms with Gasteiger partial charge in [-0.2, -0.15) is 0 Å². The fourth-order valence-electron chi connectivity index (χ4n) is 0. The minimum atomic E-state index is 0.807. The molecule has 0 amide bonds. The Labute approximate surface area is 30.5 Å². The molecule has 20 valence electrons. The van der Waals surface area contributed by atoms with Crippen LogP contribution in [-0.4, -0.2) is 29.6 Å². The molecule has 0 aliphatic rings. The van der Waals surface area contributed by atoms with E-state index in [1.54, 1.807) is 0 Å². The first-order valence-electron chi connectivity index (χ1n) is 0.957. The SMILES string of the molecule is C=[Si][Si]=C. The summed E-state index contributed by atoms with van der Waals surface area (Å²) in [7, 11) is 1.61. The van der Waals surface area contributed by atoms with E-state index in [0.29, 0.717) is 0 Å². The topological polar surface area (TPSA) is 0 Å². The Balaban J connectivity index is 2.73. The summed E-state index contributed by atoms with van der Waals surface area (Å²) < 4.78 is 0. The first-order chi connectivity index (χ1) is 1.91. The van der Waals surface area contributed by atoms with Gasteiger partial charge in [-0.25, -0.2) is 0 Å². The molecule has 0 fully saturated rings. The van der Waals surface area contributed by atoms with Gasteiger partial charge in [0.1, 0.15) is 0 Å². The van der Waals surface area contributed by atoms with Crippen molar-refractivity contribution in [1.29, 1.82) is 0 Å². The van der Waals surface area contributed by atoms with Crippen molar-refractivity contribution in [2.45, 2.75) is 0 Å². The van der Waals surface area contributed by atoms with Crippen molar-refractivity contribution in [2.75, 3.05) is 0 Å². The lowest BCUT2D eigenvalue weighted by molar-refractivity contribution is 4.16. The summed E-state index contributed by atoms with van der Waals surface area (Å²) in [6.07, 6.45) is 7.16. The van der Waals surface area contributed by atoms with Gasteiger partial charge in [-0.1, -0.05) is 0 Å². The number of hydrogen-bond acceptors (Lipinski definition) is 0. The third kappa shape index (κ3) is 2.17.